The van der Waals surface area contributed by atoms with Crippen LogP contribution in [0.4, 0.5) is 0 Å². The predicted octanol–water partition coefficient (Wildman–Crippen LogP) is 2.59. The maximum atomic E-state index is 4.51. The van der Waals surface area contributed by atoms with Gasteiger partial charge in [0.05, 0.1) is 0 Å². The molecular weight excluding hydrogens is 146 g/mol. The predicted molar refractivity (Wildman–Crippen MR) is 52.0 cm³/mol. The second-order valence-electron chi connectivity index (χ2n) is 3.08. The molecule has 1 nitrogen and oxygen atoms in total. The van der Waals surface area contributed by atoms with Gasteiger partial charge in [0.1, 0.15) is 0 Å². The van der Waals surface area contributed by atoms with Gasteiger partial charge in [0.15, 0.2) is 0 Å². The molecule has 0 spiro atoms. The normalized spacial score (nSPS) is 12.8. The Balaban J connectivity index is 2.33. The molecule has 1 aromatic rings. The number of hydrogen-bond donors (Lipinski definition) is 0. The molecule has 1 radical (unpaired) electrons. The second-order valence-corrected chi connectivity index (χ2v) is 3.08. The molecule has 1 unspecified atom stereocenters. The summed E-state index contributed by atoms with van der Waals surface area (Å²) in [4.78, 5) is 0. The van der Waals surface area contributed by atoms with Crippen LogP contribution in [0.25, 0.3) is 0 Å². The van der Waals surface area contributed by atoms with Gasteiger partial charge in [0, 0.05) is 12.6 Å². The first-order valence-corrected chi connectivity index (χ1v) is 4.53. The summed E-state index contributed by atoms with van der Waals surface area (Å²) in [7, 11) is 0. The van der Waals surface area contributed by atoms with Crippen LogP contribution >= 0.6 is 0 Å². The minimum absolute atomic E-state index is 0.491. The average Bonchev–Trinajstić information content (AvgIpc) is 2.16. The monoisotopic (exact) mass is 162 g/mol. The van der Waals surface area contributed by atoms with Gasteiger partial charge in [0.25, 0.3) is 0 Å². The van der Waals surface area contributed by atoms with Crippen molar-refractivity contribution >= 4 is 0 Å². The maximum Gasteiger partial charge on any atom is 0.0387 e. The number of rotatable bonds is 4. The van der Waals surface area contributed by atoms with Crippen molar-refractivity contribution in [1.82, 2.24) is 5.32 Å². The molecule has 0 N–H and O–H groups in total. The zero-order valence-corrected chi connectivity index (χ0v) is 7.83. The van der Waals surface area contributed by atoms with E-state index in [0.717, 1.165) is 13.0 Å². The van der Waals surface area contributed by atoms with Crippen LogP contribution < -0.4 is 5.32 Å². The lowest BCUT2D eigenvalue weighted by atomic mass is 10.2. The van der Waals surface area contributed by atoms with Crippen molar-refractivity contribution in [3.63, 3.8) is 0 Å². The van der Waals surface area contributed by atoms with E-state index in [1.807, 2.05) is 6.07 Å². The lowest BCUT2D eigenvalue weighted by Crippen LogP contribution is -2.16. The molecule has 0 heterocycles. The van der Waals surface area contributed by atoms with E-state index in [-0.39, 0.29) is 0 Å². The summed E-state index contributed by atoms with van der Waals surface area (Å²) >= 11 is 0. The Labute approximate surface area is 74.8 Å². The first kappa shape index (κ1) is 9.27. The Morgan fingerprint density at radius 2 is 1.92 bits per heavy atom. The van der Waals surface area contributed by atoms with Gasteiger partial charge in [-0.05, 0) is 18.9 Å². The molecule has 0 saturated carbocycles. The molecule has 0 bridgehead atoms. The van der Waals surface area contributed by atoms with Crippen LogP contribution in [0.1, 0.15) is 25.8 Å². The Hall–Kier alpha value is -0.820. The van der Waals surface area contributed by atoms with Gasteiger partial charge >= 0.3 is 0 Å². The van der Waals surface area contributed by atoms with Crippen molar-refractivity contribution in [1.29, 1.82) is 0 Å². The summed E-state index contributed by atoms with van der Waals surface area (Å²) in [6.07, 6.45) is 1.13. The lowest BCUT2D eigenvalue weighted by molar-refractivity contribution is 0.522. The van der Waals surface area contributed by atoms with Crippen LogP contribution in [0.5, 0.6) is 0 Å². The highest BCUT2D eigenvalue weighted by molar-refractivity contribution is 5.14. The molecule has 0 amide bonds. The highest BCUT2D eigenvalue weighted by Gasteiger charge is 1.98. The molecule has 0 aliphatic carbocycles. The standard InChI is InChI=1S/C11H16N/c1-3-10(2)12-9-11-7-5-4-6-8-11/h4-8,10H,3,9H2,1-2H3. The number of hydrogen-bond acceptors (Lipinski definition) is 0. The van der Waals surface area contributed by atoms with Crippen LogP contribution in [0.2, 0.25) is 0 Å². The molecule has 12 heavy (non-hydrogen) atoms. The van der Waals surface area contributed by atoms with Gasteiger partial charge in [0.2, 0.25) is 0 Å². The second kappa shape index (κ2) is 4.94. The van der Waals surface area contributed by atoms with Crippen molar-refractivity contribution in [3.05, 3.63) is 35.9 Å². The summed E-state index contributed by atoms with van der Waals surface area (Å²) in [5.74, 6) is 0. The summed E-state index contributed by atoms with van der Waals surface area (Å²) in [6, 6.07) is 10.9. The molecule has 0 aliphatic heterocycles. The van der Waals surface area contributed by atoms with Crippen molar-refractivity contribution in [2.45, 2.75) is 32.9 Å². The summed E-state index contributed by atoms with van der Waals surface area (Å²) in [6.45, 7) is 5.18. The first-order valence-electron chi connectivity index (χ1n) is 4.53. The fourth-order valence-electron chi connectivity index (χ4n) is 0.974. The van der Waals surface area contributed by atoms with E-state index in [1.165, 1.54) is 5.56 Å². The van der Waals surface area contributed by atoms with E-state index in [4.69, 9.17) is 0 Å². The molecule has 65 valence electrons. The summed E-state index contributed by atoms with van der Waals surface area (Å²) < 4.78 is 0. The quantitative estimate of drug-likeness (QED) is 0.646. The minimum Gasteiger partial charge on any atom is -0.234 e. The molecule has 0 aromatic heterocycles. The van der Waals surface area contributed by atoms with Crippen LogP contribution in [0, 0.1) is 0 Å². The molecule has 1 atom stereocenters. The van der Waals surface area contributed by atoms with Crippen LogP contribution in [0.15, 0.2) is 30.3 Å². The maximum absolute atomic E-state index is 4.51. The summed E-state index contributed by atoms with van der Waals surface area (Å²) in [5, 5.41) is 4.51. The molecule has 1 rings (SSSR count). The molecule has 1 aromatic carbocycles. The molecule has 0 fully saturated rings. The van der Waals surface area contributed by atoms with E-state index >= 15 is 0 Å². The van der Waals surface area contributed by atoms with Gasteiger partial charge in [-0.25, -0.2) is 5.32 Å². The van der Waals surface area contributed by atoms with Crippen LogP contribution in [-0.4, -0.2) is 6.04 Å². The molecule has 0 saturated heterocycles. The third-order valence-electron chi connectivity index (χ3n) is 2.02. The van der Waals surface area contributed by atoms with E-state index < -0.39 is 0 Å². The lowest BCUT2D eigenvalue weighted by Gasteiger charge is -2.07. The van der Waals surface area contributed by atoms with E-state index in [9.17, 15) is 0 Å². The molecule has 1 heteroatoms. The van der Waals surface area contributed by atoms with Crippen molar-refractivity contribution < 1.29 is 0 Å². The molecular formula is C11H16N. The van der Waals surface area contributed by atoms with Crippen LogP contribution in [-0.2, 0) is 6.54 Å². The van der Waals surface area contributed by atoms with Gasteiger partial charge in [-0.2, -0.15) is 0 Å². The van der Waals surface area contributed by atoms with Gasteiger partial charge in [-0.15, -0.1) is 0 Å². The van der Waals surface area contributed by atoms with Crippen LogP contribution in [0.3, 0.4) is 0 Å². The fraction of sp³-hybridized carbons (Fsp3) is 0.455. The van der Waals surface area contributed by atoms with E-state index in [2.05, 4.69) is 43.4 Å². The van der Waals surface area contributed by atoms with Gasteiger partial charge in [-0.3, -0.25) is 0 Å². The zero-order chi connectivity index (χ0) is 8.81. The topological polar surface area (TPSA) is 14.1 Å². The average molecular weight is 162 g/mol. The highest BCUT2D eigenvalue weighted by atomic mass is 14.9. The smallest absolute Gasteiger partial charge is 0.0387 e. The third-order valence-corrected chi connectivity index (χ3v) is 2.02. The van der Waals surface area contributed by atoms with E-state index in [1.54, 1.807) is 0 Å². The largest absolute Gasteiger partial charge is 0.234 e. The first-order chi connectivity index (χ1) is 5.83. The Bertz CT molecular complexity index is 206. The minimum atomic E-state index is 0.491. The third kappa shape index (κ3) is 3.05. The number of benzene rings is 1. The van der Waals surface area contributed by atoms with Crippen molar-refractivity contribution in [2.75, 3.05) is 0 Å². The zero-order valence-electron chi connectivity index (χ0n) is 7.83. The fourth-order valence-corrected chi connectivity index (χ4v) is 0.974. The Morgan fingerprint density at radius 1 is 1.25 bits per heavy atom. The number of nitrogens with zero attached hydrogens (tertiary/aromatic N) is 1. The van der Waals surface area contributed by atoms with Crippen molar-refractivity contribution in [2.24, 2.45) is 0 Å². The summed E-state index contributed by atoms with van der Waals surface area (Å²) in [5.41, 5.74) is 1.30. The Kier molecular flexibility index (Phi) is 3.81. The SMILES string of the molecule is CCC(C)[N]Cc1ccccc1. The Morgan fingerprint density at radius 3 is 2.50 bits per heavy atom. The van der Waals surface area contributed by atoms with Crippen molar-refractivity contribution in [3.8, 4) is 0 Å². The van der Waals surface area contributed by atoms with E-state index in [0.29, 0.717) is 6.04 Å². The molecule has 0 aliphatic rings. The van der Waals surface area contributed by atoms with Gasteiger partial charge < -0.3 is 0 Å². The highest BCUT2D eigenvalue weighted by Crippen LogP contribution is 2.00. The van der Waals surface area contributed by atoms with Gasteiger partial charge in [-0.1, -0.05) is 37.3 Å².